The zero-order chi connectivity index (χ0) is 17.2. The van der Waals surface area contributed by atoms with E-state index in [1.54, 1.807) is 10.9 Å². The summed E-state index contributed by atoms with van der Waals surface area (Å²) < 4.78 is 1.72. The molecule has 3 rings (SSSR count). The Bertz CT molecular complexity index is 699. The maximum atomic E-state index is 12.4. The van der Waals surface area contributed by atoms with Crippen LogP contribution < -0.4 is 5.32 Å². The molecule has 0 unspecified atom stereocenters. The van der Waals surface area contributed by atoms with Gasteiger partial charge >= 0.3 is 0 Å². The van der Waals surface area contributed by atoms with Crippen molar-refractivity contribution in [1.29, 1.82) is 0 Å². The zero-order valence-corrected chi connectivity index (χ0v) is 15.8. The molecule has 0 saturated carbocycles. The van der Waals surface area contributed by atoms with Crippen molar-refractivity contribution in [1.82, 2.24) is 25.2 Å². The maximum Gasteiger partial charge on any atom is 0.276 e. The summed E-state index contributed by atoms with van der Waals surface area (Å²) in [6.45, 7) is 10.3. The zero-order valence-electron chi connectivity index (χ0n) is 15.0. The van der Waals surface area contributed by atoms with E-state index < -0.39 is 0 Å². The second-order valence-electron chi connectivity index (χ2n) is 7.29. The van der Waals surface area contributed by atoms with E-state index >= 15 is 0 Å². The lowest BCUT2D eigenvalue weighted by Gasteiger charge is -2.26. The Morgan fingerprint density at radius 3 is 2.40 bits per heavy atom. The standard InChI is InChI=1S/C18H25N5O.ClH/c1-18(2,3)15-6-4-14(5-7-15)12-23-13-16(20-21-23)17(24)22-10-8-19-9-11-22;/h4-7,13,19H,8-12H2,1-3H3;1H. The first-order valence-corrected chi connectivity index (χ1v) is 8.43. The number of hydrogen-bond acceptors (Lipinski definition) is 4. The molecular weight excluding hydrogens is 338 g/mol. The van der Waals surface area contributed by atoms with E-state index in [2.05, 4.69) is 60.7 Å². The molecule has 1 aliphatic heterocycles. The van der Waals surface area contributed by atoms with Crippen molar-refractivity contribution in [2.45, 2.75) is 32.7 Å². The van der Waals surface area contributed by atoms with Crippen LogP contribution in [0, 0.1) is 0 Å². The Balaban J connectivity index is 0.00000225. The lowest BCUT2D eigenvalue weighted by atomic mass is 9.87. The number of halogens is 1. The van der Waals surface area contributed by atoms with Gasteiger partial charge in [-0.05, 0) is 16.5 Å². The molecule has 1 aliphatic rings. The second-order valence-corrected chi connectivity index (χ2v) is 7.29. The van der Waals surface area contributed by atoms with E-state index in [1.165, 1.54) is 5.56 Å². The predicted molar refractivity (Wildman–Crippen MR) is 100 cm³/mol. The van der Waals surface area contributed by atoms with Crippen LogP contribution in [0.1, 0.15) is 42.4 Å². The Labute approximate surface area is 155 Å². The van der Waals surface area contributed by atoms with Crippen molar-refractivity contribution in [2.24, 2.45) is 0 Å². The third-order valence-corrected chi connectivity index (χ3v) is 4.33. The SMILES string of the molecule is CC(C)(C)c1ccc(Cn2cc(C(=O)N3CCNCC3)nn2)cc1.Cl. The van der Waals surface area contributed by atoms with Crippen LogP contribution in [0.2, 0.25) is 0 Å². The van der Waals surface area contributed by atoms with Gasteiger partial charge in [0.05, 0.1) is 12.7 Å². The van der Waals surface area contributed by atoms with Gasteiger partial charge in [0.15, 0.2) is 5.69 Å². The van der Waals surface area contributed by atoms with Crippen molar-refractivity contribution in [3.05, 3.63) is 47.3 Å². The summed E-state index contributed by atoms with van der Waals surface area (Å²) in [6.07, 6.45) is 1.74. The molecule has 0 atom stereocenters. The van der Waals surface area contributed by atoms with Gasteiger partial charge in [-0.3, -0.25) is 4.79 Å². The van der Waals surface area contributed by atoms with Gasteiger partial charge in [0.25, 0.3) is 5.91 Å². The minimum Gasteiger partial charge on any atom is -0.335 e. The molecule has 136 valence electrons. The average Bonchev–Trinajstić information content (AvgIpc) is 3.03. The van der Waals surface area contributed by atoms with Crippen LogP contribution in [0.5, 0.6) is 0 Å². The summed E-state index contributed by atoms with van der Waals surface area (Å²) in [5.74, 6) is -0.0363. The molecule has 0 bridgehead atoms. The molecule has 2 heterocycles. The van der Waals surface area contributed by atoms with Crippen LogP contribution in [0.3, 0.4) is 0 Å². The number of benzene rings is 1. The van der Waals surface area contributed by atoms with Crippen molar-refractivity contribution in [3.63, 3.8) is 0 Å². The maximum absolute atomic E-state index is 12.4. The lowest BCUT2D eigenvalue weighted by Crippen LogP contribution is -2.46. The van der Waals surface area contributed by atoms with E-state index in [0.717, 1.165) is 31.7 Å². The van der Waals surface area contributed by atoms with E-state index in [9.17, 15) is 4.79 Å². The number of amides is 1. The minimum absolute atomic E-state index is 0. The number of carbonyl (C=O) groups is 1. The molecule has 1 saturated heterocycles. The lowest BCUT2D eigenvalue weighted by molar-refractivity contribution is 0.0729. The fourth-order valence-electron chi connectivity index (χ4n) is 2.80. The van der Waals surface area contributed by atoms with E-state index in [1.807, 2.05) is 4.90 Å². The second kappa shape index (κ2) is 7.97. The van der Waals surface area contributed by atoms with Gasteiger partial charge in [0.2, 0.25) is 0 Å². The summed E-state index contributed by atoms with van der Waals surface area (Å²) >= 11 is 0. The summed E-state index contributed by atoms with van der Waals surface area (Å²) in [4.78, 5) is 14.2. The first-order chi connectivity index (χ1) is 11.4. The normalized spacial score (nSPS) is 14.9. The number of rotatable bonds is 3. The van der Waals surface area contributed by atoms with Gasteiger partial charge in [-0.1, -0.05) is 50.3 Å². The van der Waals surface area contributed by atoms with Gasteiger partial charge in [0, 0.05) is 26.2 Å². The fraction of sp³-hybridized carbons (Fsp3) is 0.500. The summed E-state index contributed by atoms with van der Waals surface area (Å²) in [5, 5.41) is 11.4. The number of nitrogens with one attached hydrogen (secondary N) is 1. The van der Waals surface area contributed by atoms with Crippen LogP contribution in [0.4, 0.5) is 0 Å². The summed E-state index contributed by atoms with van der Waals surface area (Å²) in [7, 11) is 0. The van der Waals surface area contributed by atoms with Crippen molar-refractivity contribution in [2.75, 3.05) is 26.2 Å². The quantitative estimate of drug-likeness (QED) is 0.907. The molecule has 1 aromatic carbocycles. The molecule has 0 aliphatic carbocycles. The molecule has 1 fully saturated rings. The van der Waals surface area contributed by atoms with Gasteiger partial charge in [-0.15, -0.1) is 17.5 Å². The first-order valence-electron chi connectivity index (χ1n) is 8.43. The van der Waals surface area contributed by atoms with Crippen LogP contribution in [-0.2, 0) is 12.0 Å². The highest BCUT2D eigenvalue weighted by atomic mass is 35.5. The van der Waals surface area contributed by atoms with Crippen molar-refractivity contribution >= 4 is 18.3 Å². The Hall–Kier alpha value is -1.92. The Morgan fingerprint density at radius 2 is 1.80 bits per heavy atom. The van der Waals surface area contributed by atoms with Crippen molar-refractivity contribution < 1.29 is 4.79 Å². The highest BCUT2D eigenvalue weighted by Crippen LogP contribution is 2.22. The van der Waals surface area contributed by atoms with Crippen LogP contribution in [-0.4, -0.2) is 52.0 Å². The highest BCUT2D eigenvalue weighted by Gasteiger charge is 2.20. The fourth-order valence-corrected chi connectivity index (χ4v) is 2.80. The topological polar surface area (TPSA) is 63.1 Å². The van der Waals surface area contributed by atoms with E-state index in [-0.39, 0.29) is 23.7 Å². The largest absolute Gasteiger partial charge is 0.335 e. The third kappa shape index (κ3) is 4.80. The number of aromatic nitrogens is 3. The molecule has 2 aromatic rings. The van der Waals surface area contributed by atoms with Gasteiger partial charge in [-0.2, -0.15) is 0 Å². The Morgan fingerprint density at radius 1 is 1.16 bits per heavy atom. The Kier molecular flexibility index (Phi) is 6.19. The molecule has 6 nitrogen and oxygen atoms in total. The number of nitrogens with zero attached hydrogens (tertiary/aromatic N) is 4. The monoisotopic (exact) mass is 363 g/mol. The van der Waals surface area contributed by atoms with Crippen LogP contribution >= 0.6 is 12.4 Å². The first kappa shape index (κ1) is 19.4. The molecule has 0 spiro atoms. The third-order valence-electron chi connectivity index (χ3n) is 4.33. The minimum atomic E-state index is -0.0363. The average molecular weight is 364 g/mol. The molecule has 1 aromatic heterocycles. The molecule has 25 heavy (non-hydrogen) atoms. The predicted octanol–water partition coefficient (Wildman–Crippen LogP) is 2.09. The summed E-state index contributed by atoms with van der Waals surface area (Å²) in [6, 6.07) is 8.53. The smallest absolute Gasteiger partial charge is 0.276 e. The molecule has 7 heteroatoms. The van der Waals surface area contributed by atoms with E-state index in [4.69, 9.17) is 0 Å². The number of carbonyl (C=O) groups excluding carboxylic acids is 1. The molecular formula is C18H26ClN5O. The molecule has 1 amide bonds. The highest BCUT2D eigenvalue weighted by molar-refractivity contribution is 5.92. The van der Waals surface area contributed by atoms with Crippen LogP contribution in [0.25, 0.3) is 0 Å². The van der Waals surface area contributed by atoms with Gasteiger partial charge in [0.1, 0.15) is 0 Å². The van der Waals surface area contributed by atoms with Crippen LogP contribution in [0.15, 0.2) is 30.5 Å². The van der Waals surface area contributed by atoms with Crippen molar-refractivity contribution in [3.8, 4) is 0 Å². The number of piperazine rings is 1. The number of hydrogen-bond donors (Lipinski definition) is 1. The van der Waals surface area contributed by atoms with Gasteiger partial charge in [-0.25, -0.2) is 4.68 Å². The summed E-state index contributed by atoms with van der Waals surface area (Å²) in [5.41, 5.74) is 3.02. The van der Waals surface area contributed by atoms with Gasteiger partial charge < -0.3 is 10.2 Å². The molecule has 1 N–H and O–H groups in total. The molecule has 0 radical (unpaired) electrons. The van der Waals surface area contributed by atoms with E-state index in [0.29, 0.717) is 12.2 Å².